The van der Waals surface area contributed by atoms with Crippen molar-refractivity contribution in [1.82, 2.24) is 20.9 Å². The number of benzene rings is 2. The highest BCUT2D eigenvalue weighted by molar-refractivity contribution is 6.07. The molecule has 0 radical (unpaired) electrons. The zero-order valence-electron chi connectivity index (χ0n) is 23.5. The van der Waals surface area contributed by atoms with Gasteiger partial charge in [0.05, 0.1) is 16.8 Å². The minimum absolute atomic E-state index is 0.125. The SMILES string of the molecule is CC(C)(C)OC(=O)NCC1CCC(CNC(=O)c2cc(-c3cccc(CNC(N)=O)c3)nc3ccccc23)CC1. The second-order valence-corrected chi connectivity index (χ2v) is 11.5. The largest absolute Gasteiger partial charge is 0.444 e. The molecule has 5 N–H and O–H groups in total. The van der Waals surface area contributed by atoms with Gasteiger partial charge >= 0.3 is 12.1 Å². The van der Waals surface area contributed by atoms with Crippen LogP contribution < -0.4 is 21.7 Å². The number of pyridine rings is 1. The van der Waals surface area contributed by atoms with Gasteiger partial charge in [-0.2, -0.15) is 0 Å². The highest BCUT2D eigenvalue weighted by Gasteiger charge is 2.24. The number of alkyl carbamates (subject to hydrolysis) is 1. The van der Waals surface area contributed by atoms with Gasteiger partial charge in [-0.1, -0.05) is 36.4 Å². The number of hydrogen-bond acceptors (Lipinski definition) is 5. The Morgan fingerprint density at radius 1 is 0.900 bits per heavy atom. The van der Waals surface area contributed by atoms with Crippen LogP contribution in [0.1, 0.15) is 62.4 Å². The molecule has 1 aromatic heterocycles. The van der Waals surface area contributed by atoms with Crippen LogP contribution in [0.25, 0.3) is 22.2 Å². The Balaban J connectivity index is 1.38. The van der Waals surface area contributed by atoms with Gasteiger partial charge in [0.2, 0.25) is 0 Å². The molecule has 212 valence electrons. The van der Waals surface area contributed by atoms with Crippen LogP contribution in [0.2, 0.25) is 0 Å². The van der Waals surface area contributed by atoms with E-state index in [4.69, 9.17) is 15.5 Å². The third-order valence-corrected chi connectivity index (χ3v) is 7.10. The highest BCUT2D eigenvalue weighted by Crippen LogP contribution is 2.29. The molecule has 0 aliphatic heterocycles. The van der Waals surface area contributed by atoms with Gasteiger partial charge in [-0.15, -0.1) is 0 Å². The Labute approximate surface area is 235 Å². The summed E-state index contributed by atoms with van der Waals surface area (Å²) in [4.78, 5) is 41.3. The maximum absolute atomic E-state index is 13.4. The number of ether oxygens (including phenoxy) is 1. The molecule has 0 atom stereocenters. The number of para-hydroxylation sites is 1. The van der Waals surface area contributed by atoms with Crippen LogP contribution in [0.3, 0.4) is 0 Å². The van der Waals surface area contributed by atoms with Crippen LogP contribution in [-0.4, -0.2) is 41.7 Å². The van der Waals surface area contributed by atoms with Crippen molar-refractivity contribution in [1.29, 1.82) is 0 Å². The Kier molecular flexibility index (Phi) is 9.24. The summed E-state index contributed by atoms with van der Waals surface area (Å²) in [5, 5.41) is 9.44. The van der Waals surface area contributed by atoms with E-state index < -0.39 is 11.6 Å². The molecule has 3 aromatic rings. The van der Waals surface area contributed by atoms with E-state index in [1.807, 2.05) is 75.4 Å². The van der Waals surface area contributed by atoms with Gasteiger partial charge in [-0.3, -0.25) is 4.79 Å². The van der Waals surface area contributed by atoms with Crippen LogP contribution in [0.4, 0.5) is 9.59 Å². The quantitative estimate of drug-likeness (QED) is 0.311. The fraction of sp³-hybridized carbons (Fsp3) is 0.419. The number of nitrogens with zero attached hydrogens (tertiary/aromatic N) is 1. The molecule has 4 amide bonds. The molecule has 2 aromatic carbocycles. The van der Waals surface area contributed by atoms with Gasteiger partial charge in [0.1, 0.15) is 5.60 Å². The summed E-state index contributed by atoms with van der Waals surface area (Å²) < 4.78 is 5.33. The van der Waals surface area contributed by atoms with E-state index in [-0.39, 0.29) is 12.0 Å². The zero-order chi connectivity index (χ0) is 28.7. The average Bonchev–Trinajstić information content (AvgIpc) is 2.93. The Morgan fingerprint density at radius 3 is 2.25 bits per heavy atom. The van der Waals surface area contributed by atoms with Crippen molar-refractivity contribution in [2.45, 2.75) is 58.6 Å². The van der Waals surface area contributed by atoms with Crippen molar-refractivity contribution in [3.63, 3.8) is 0 Å². The van der Waals surface area contributed by atoms with Crippen molar-refractivity contribution in [2.24, 2.45) is 17.6 Å². The summed E-state index contributed by atoms with van der Waals surface area (Å²) in [6.07, 6.45) is 3.62. The van der Waals surface area contributed by atoms with Gasteiger partial charge in [0.25, 0.3) is 5.91 Å². The Hall–Kier alpha value is -4.14. The van der Waals surface area contributed by atoms with Crippen molar-refractivity contribution in [2.75, 3.05) is 13.1 Å². The van der Waals surface area contributed by atoms with Crippen molar-refractivity contribution in [3.8, 4) is 11.3 Å². The molecule has 0 saturated heterocycles. The van der Waals surface area contributed by atoms with Gasteiger partial charge in [-0.25, -0.2) is 14.6 Å². The molecule has 0 spiro atoms. The number of hydrogen-bond donors (Lipinski definition) is 4. The van der Waals surface area contributed by atoms with Crippen LogP contribution >= 0.6 is 0 Å². The highest BCUT2D eigenvalue weighted by atomic mass is 16.6. The summed E-state index contributed by atoms with van der Waals surface area (Å²) in [5.41, 5.74) is 8.44. The van der Waals surface area contributed by atoms with Crippen molar-refractivity contribution < 1.29 is 19.1 Å². The number of carbonyl (C=O) groups excluding carboxylic acids is 3. The van der Waals surface area contributed by atoms with E-state index in [1.165, 1.54) is 0 Å². The van der Waals surface area contributed by atoms with Gasteiger partial charge in [0, 0.05) is 30.6 Å². The molecule has 1 fully saturated rings. The van der Waals surface area contributed by atoms with Crippen LogP contribution in [0, 0.1) is 11.8 Å². The fourth-order valence-electron chi connectivity index (χ4n) is 5.05. The topological polar surface area (TPSA) is 135 Å². The van der Waals surface area contributed by atoms with Gasteiger partial charge < -0.3 is 26.4 Å². The number of urea groups is 1. The smallest absolute Gasteiger partial charge is 0.407 e. The monoisotopic (exact) mass is 545 g/mol. The maximum Gasteiger partial charge on any atom is 0.407 e. The lowest BCUT2D eigenvalue weighted by atomic mass is 9.82. The number of nitrogens with two attached hydrogens (primary N) is 1. The van der Waals surface area contributed by atoms with E-state index in [1.54, 1.807) is 0 Å². The first-order valence-electron chi connectivity index (χ1n) is 13.8. The van der Waals surface area contributed by atoms with Gasteiger partial charge in [-0.05, 0) is 82.1 Å². The number of rotatable bonds is 8. The molecule has 9 heteroatoms. The number of primary amides is 1. The van der Waals surface area contributed by atoms with Crippen LogP contribution in [0.5, 0.6) is 0 Å². The average molecular weight is 546 g/mol. The van der Waals surface area contributed by atoms with E-state index in [0.717, 1.165) is 47.7 Å². The second-order valence-electron chi connectivity index (χ2n) is 11.5. The van der Waals surface area contributed by atoms with E-state index in [9.17, 15) is 14.4 Å². The molecule has 0 bridgehead atoms. The summed E-state index contributed by atoms with van der Waals surface area (Å²) >= 11 is 0. The first kappa shape index (κ1) is 28.9. The van der Waals surface area contributed by atoms with Crippen molar-refractivity contribution >= 4 is 28.9 Å². The minimum atomic E-state index is -0.584. The number of aromatic nitrogens is 1. The molecular formula is C31H39N5O4. The standard InChI is InChI=1S/C31H39N5O4/c1-31(2,3)40-30(39)35-18-21-13-11-20(12-14-21)17-33-28(37)25-16-27(36-26-10-5-4-9-24(25)26)23-8-6-7-22(15-23)19-34-29(32)38/h4-10,15-16,20-21H,11-14,17-19H2,1-3H3,(H,33,37)(H,35,39)(H3,32,34,38). The fourth-order valence-corrected chi connectivity index (χ4v) is 5.05. The van der Waals surface area contributed by atoms with E-state index >= 15 is 0 Å². The number of nitrogens with one attached hydrogen (secondary N) is 3. The van der Waals surface area contributed by atoms with Crippen LogP contribution in [0.15, 0.2) is 54.6 Å². The third-order valence-electron chi connectivity index (χ3n) is 7.10. The third kappa shape index (κ3) is 8.18. The molecule has 40 heavy (non-hydrogen) atoms. The normalized spacial score (nSPS) is 17.2. The van der Waals surface area contributed by atoms with E-state index in [2.05, 4.69) is 16.0 Å². The summed E-state index contributed by atoms with van der Waals surface area (Å²) in [7, 11) is 0. The lowest BCUT2D eigenvalue weighted by molar-refractivity contribution is 0.0512. The second kappa shape index (κ2) is 12.8. The predicted octanol–water partition coefficient (Wildman–Crippen LogP) is 5.13. The first-order valence-corrected chi connectivity index (χ1v) is 13.8. The summed E-state index contributed by atoms with van der Waals surface area (Å²) in [6.45, 7) is 7.08. The number of fused-ring (bicyclic) bond motifs is 1. The van der Waals surface area contributed by atoms with Crippen molar-refractivity contribution in [3.05, 3.63) is 65.7 Å². The number of carbonyl (C=O) groups is 3. The predicted molar refractivity (Wildman–Crippen MR) is 156 cm³/mol. The molecule has 4 rings (SSSR count). The molecule has 9 nitrogen and oxygen atoms in total. The molecule has 1 heterocycles. The summed E-state index contributed by atoms with van der Waals surface area (Å²) in [6, 6.07) is 16.5. The lowest BCUT2D eigenvalue weighted by Crippen LogP contribution is -2.37. The molecule has 1 aliphatic carbocycles. The molecule has 1 saturated carbocycles. The first-order chi connectivity index (χ1) is 19.1. The molecule has 1 aliphatic rings. The maximum atomic E-state index is 13.4. The minimum Gasteiger partial charge on any atom is -0.444 e. The van der Waals surface area contributed by atoms with Crippen LogP contribution in [-0.2, 0) is 11.3 Å². The Bertz CT molecular complexity index is 1360. The van der Waals surface area contributed by atoms with Gasteiger partial charge in [0.15, 0.2) is 0 Å². The lowest BCUT2D eigenvalue weighted by Gasteiger charge is -2.29. The zero-order valence-corrected chi connectivity index (χ0v) is 23.5. The summed E-state index contributed by atoms with van der Waals surface area (Å²) in [5.74, 6) is 0.684. The van der Waals surface area contributed by atoms with E-state index in [0.29, 0.717) is 42.7 Å². The Morgan fingerprint density at radius 2 is 1.57 bits per heavy atom. The number of amides is 4. The molecule has 0 unspecified atom stereocenters. The molecular weight excluding hydrogens is 506 g/mol.